The number of carbonyl (C=O) groups is 1. The topological polar surface area (TPSA) is 110 Å². The number of nitro benzene ring substituents is 1. The van der Waals surface area contributed by atoms with Gasteiger partial charge in [-0.3, -0.25) is 19.5 Å². The van der Waals surface area contributed by atoms with Crippen molar-refractivity contribution in [1.82, 2.24) is 9.47 Å². The zero-order valence-electron chi connectivity index (χ0n) is 24.7. The minimum absolute atomic E-state index is 0.0677. The van der Waals surface area contributed by atoms with Gasteiger partial charge in [0.05, 0.1) is 33.4 Å². The van der Waals surface area contributed by atoms with Gasteiger partial charge in [0.25, 0.3) is 11.2 Å². The second-order valence-corrected chi connectivity index (χ2v) is 12.2. The largest absolute Gasteiger partial charge is 0.463 e. The molecule has 0 spiro atoms. The van der Waals surface area contributed by atoms with Crippen molar-refractivity contribution in [2.45, 2.75) is 13.0 Å². The highest BCUT2D eigenvalue weighted by Crippen LogP contribution is 2.35. The molecule has 0 radical (unpaired) electrons. The van der Waals surface area contributed by atoms with Gasteiger partial charge in [-0.1, -0.05) is 65.4 Å². The number of nitro groups is 1. The summed E-state index contributed by atoms with van der Waals surface area (Å²) in [5, 5.41) is 12.3. The molecule has 1 fully saturated rings. The average Bonchev–Trinajstić information content (AvgIpc) is 3.35. The summed E-state index contributed by atoms with van der Waals surface area (Å²) in [4.78, 5) is 48.9. The number of ether oxygens (including phenoxy) is 1. The molecule has 1 atom stereocenters. The number of carbonyl (C=O) groups excluding carboxylic acids is 1. The normalized spacial score (nSPS) is 17.2. The predicted octanol–water partition coefficient (Wildman–Crippen LogP) is 4.25. The van der Waals surface area contributed by atoms with Gasteiger partial charge in [0.15, 0.2) is 4.80 Å². The molecular formula is C33H30ClN5O5S. The number of non-ortho nitro benzene ring substituents is 1. The molecule has 0 amide bonds. The number of hydrogen-bond donors (Lipinski definition) is 0. The minimum Gasteiger partial charge on any atom is -0.463 e. The molecule has 4 aromatic rings. The molecular weight excluding hydrogens is 614 g/mol. The fraction of sp³-hybridized carbons (Fsp3) is 0.242. The van der Waals surface area contributed by atoms with Crippen molar-refractivity contribution < 1.29 is 14.5 Å². The number of fused-ring (bicyclic) bond motifs is 1. The Labute approximate surface area is 267 Å². The van der Waals surface area contributed by atoms with E-state index in [2.05, 4.69) is 16.8 Å². The van der Waals surface area contributed by atoms with E-state index in [9.17, 15) is 19.7 Å². The molecule has 0 saturated carbocycles. The molecule has 45 heavy (non-hydrogen) atoms. The Hall–Kier alpha value is -4.58. The number of benzene rings is 3. The molecule has 3 heterocycles. The predicted molar refractivity (Wildman–Crippen MR) is 175 cm³/mol. The summed E-state index contributed by atoms with van der Waals surface area (Å²) < 4.78 is 7.36. The van der Waals surface area contributed by atoms with E-state index in [-0.39, 0.29) is 23.4 Å². The number of hydrogen-bond acceptors (Lipinski definition) is 9. The Morgan fingerprint density at radius 2 is 1.80 bits per heavy atom. The van der Waals surface area contributed by atoms with E-state index in [1.165, 1.54) is 28.0 Å². The number of esters is 1. The smallest absolute Gasteiger partial charge is 0.338 e. The third kappa shape index (κ3) is 6.06. The molecule has 2 aliphatic heterocycles. The number of anilines is 1. The summed E-state index contributed by atoms with van der Waals surface area (Å²) in [5.41, 5.74) is 2.94. The number of halogens is 1. The lowest BCUT2D eigenvalue weighted by atomic mass is 9.93. The van der Waals surface area contributed by atoms with Gasteiger partial charge in [0, 0.05) is 60.1 Å². The van der Waals surface area contributed by atoms with Gasteiger partial charge in [-0.2, -0.15) is 0 Å². The number of rotatable bonds is 7. The maximum Gasteiger partial charge on any atom is 0.338 e. The molecule has 0 N–H and O–H groups in total. The standard InChI is InChI=1S/C33H30ClN5O5S/c1-3-44-32(41)28-29(21-7-5-4-6-8-21)35-33-38(30(28)22-9-11-24(34)12-10-22)31(40)27(45-33)20-23-19-25(39(42)43)13-14-26(23)37-17-15-36(2)16-18-37/h4-14,19-20,30H,3,15-18H2,1-2H3/t30-/m0/s1. The van der Waals surface area contributed by atoms with Crippen LogP contribution in [-0.2, 0) is 9.53 Å². The number of likely N-dealkylation sites (N-methyl/N-ethyl adjacent to an activating group) is 1. The summed E-state index contributed by atoms with van der Waals surface area (Å²) in [6.07, 6.45) is 1.69. The SMILES string of the molecule is CCOC(=O)C1=C(c2ccccc2)N=c2sc(=Cc3cc([N+](=O)[O-])ccc3N3CCN(C)CC3)c(=O)n2[C@H]1c1ccc(Cl)cc1. The van der Waals surface area contributed by atoms with E-state index < -0.39 is 16.9 Å². The maximum atomic E-state index is 14.3. The van der Waals surface area contributed by atoms with Crippen LogP contribution in [0.5, 0.6) is 0 Å². The zero-order chi connectivity index (χ0) is 31.7. The van der Waals surface area contributed by atoms with Crippen molar-refractivity contribution >= 4 is 52.1 Å². The number of nitrogens with zero attached hydrogens (tertiary/aromatic N) is 5. The lowest BCUT2D eigenvalue weighted by molar-refractivity contribution is -0.384. The molecule has 0 bridgehead atoms. The van der Waals surface area contributed by atoms with E-state index in [1.54, 1.807) is 43.3 Å². The van der Waals surface area contributed by atoms with Crippen molar-refractivity contribution in [3.63, 3.8) is 0 Å². The average molecular weight is 644 g/mol. The zero-order valence-corrected chi connectivity index (χ0v) is 26.3. The molecule has 0 unspecified atom stereocenters. The van der Waals surface area contributed by atoms with E-state index in [0.29, 0.717) is 36.7 Å². The van der Waals surface area contributed by atoms with Gasteiger partial charge < -0.3 is 14.5 Å². The van der Waals surface area contributed by atoms with Gasteiger partial charge >= 0.3 is 5.97 Å². The van der Waals surface area contributed by atoms with Crippen LogP contribution in [0.25, 0.3) is 11.8 Å². The molecule has 1 saturated heterocycles. The van der Waals surface area contributed by atoms with Crippen molar-refractivity contribution in [3.05, 3.63) is 130 Å². The van der Waals surface area contributed by atoms with Crippen LogP contribution in [0.4, 0.5) is 11.4 Å². The fourth-order valence-corrected chi connectivity index (χ4v) is 6.77. The monoisotopic (exact) mass is 643 g/mol. The molecule has 3 aromatic carbocycles. The van der Waals surface area contributed by atoms with Crippen LogP contribution < -0.4 is 19.8 Å². The highest BCUT2D eigenvalue weighted by molar-refractivity contribution is 7.07. The summed E-state index contributed by atoms with van der Waals surface area (Å²) in [7, 11) is 2.06. The molecule has 0 aliphatic carbocycles. The molecule has 2 aliphatic rings. The third-order valence-electron chi connectivity index (χ3n) is 7.91. The van der Waals surface area contributed by atoms with Crippen LogP contribution in [-0.4, -0.2) is 60.2 Å². The van der Waals surface area contributed by atoms with E-state index >= 15 is 0 Å². The van der Waals surface area contributed by atoms with Crippen LogP contribution in [0.3, 0.4) is 0 Å². The van der Waals surface area contributed by atoms with Crippen molar-refractivity contribution in [2.24, 2.45) is 4.99 Å². The summed E-state index contributed by atoms with van der Waals surface area (Å²) in [6, 6.07) is 20.2. The highest BCUT2D eigenvalue weighted by atomic mass is 35.5. The second kappa shape index (κ2) is 12.8. The first-order chi connectivity index (χ1) is 21.7. The Bertz CT molecular complexity index is 1980. The maximum absolute atomic E-state index is 14.3. The van der Waals surface area contributed by atoms with Gasteiger partial charge in [-0.25, -0.2) is 9.79 Å². The quantitative estimate of drug-likeness (QED) is 0.168. The Kier molecular flexibility index (Phi) is 8.66. The summed E-state index contributed by atoms with van der Waals surface area (Å²) in [6.45, 7) is 5.05. The van der Waals surface area contributed by atoms with Crippen molar-refractivity contribution in [2.75, 3.05) is 44.7 Å². The lowest BCUT2D eigenvalue weighted by Gasteiger charge is -2.34. The third-order valence-corrected chi connectivity index (χ3v) is 9.15. The summed E-state index contributed by atoms with van der Waals surface area (Å²) >= 11 is 7.40. The summed E-state index contributed by atoms with van der Waals surface area (Å²) in [5.74, 6) is -0.578. The first-order valence-corrected chi connectivity index (χ1v) is 15.7. The van der Waals surface area contributed by atoms with Gasteiger partial charge in [0.2, 0.25) is 0 Å². The molecule has 1 aromatic heterocycles. The van der Waals surface area contributed by atoms with Gasteiger partial charge in [0.1, 0.15) is 0 Å². The number of piperazine rings is 1. The Morgan fingerprint density at radius 3 is 2.47 bits per heavy atom. The molecule has 6 rings (SSSR count). The highest BCUT2D eigenvalue weighted by Gasteiger charge is 2.35. The number of aromatic nitrogens is 1. The van der Waals surface area contributed by atoms with Crippen molar-refractivity contribution in [1.29, 1.82) is 0 Å². The number of thiazole rings is 1. The van der Waals surface area contributed by atoms with Crippen molar-refractivity contribution in [3.8, 4) is 0 Å². The molecule has 230 valence electrons. The van der Waals surface area contributed by atoms with Crippen LogP contribution in [0.2, 0.25) is 5.02 Å². The lowest BCUT2D eigenvalue weighted by Crippen LogP contribution is -2.44. The van der Waals surface area contributed by atoms with Crippen LogP contribution in [0.15, 0.2) is 88.2 Å². The Balaban J connectivity index is 1.60. The fourth-order valence-electron chi connectivity index (χ4n) is 5.65. The van der Waals surface area contributed by atoms with E-state index in [4.69, 9.17) is 21.3 Å². The van der Waals surface area contributed by atoms with Crippen LogP contribution >= 0.6 is 22.9 Å². The van der Waals surface area contributed by atoms with Crippen LogP contribution in [0, 0.1) is 10.1 Å². The Morgan fingerprint density at radius 1 is 1.09 bits per heavy atom. The van der Waals surface area contributed by atoms with E-state index in [0.717, 1.165) is 31.9 Å². The molecule has 12 heteroatoms. The van der Waals surface area contributed by atoms with Gasteiger partial charge in [-0.15, -0.1) is 0 Å². The first kappa shape index (κ1) is 30.4. The minimum atomic E-state index is -0.850. The van der Waals surface area contributed by atoms with E-state index in [1.807, 2.05) is 30.3 Å². The molecule has 10 nitrogen and oxygen atoms in total. The second-order valence-electron chi connectivity index (χ2n) is 10.8. The first-order valence-electron chi connectivity index (χ1n) is 14.5. The van der Waals surface area contributed by atoms with Crippen LogP contribution in [0.1, 0.15) is 29.7 Å². The van der Waals surface area contributed by atoms with Gasteiger partial charge in [-0.05, 0) is 43.8 Å².